The predicted molar refractivity (Wildman–Crippen MR) is 57.4 cm³/mol. The third-order valence-electron chi connectivity index (χ3n) is 2.87. The minimum atomic E-state index is -4.14. The molecule has 1 aliphatic rings. The van der Waals surface area contributed by atoms with Crippen LogP contribution in [0.3, 0.4) is 0 Å². The highest BCUT2D eigenvalue weighted by Gasteiger charge is 2.42. The van der Waals surface area contributed by atoms with Crippen molar-refractivity contribution < 1.29 is 13.2 Å². The maximum atomic E-state index is 12.6. The van der Waals surface area contributed by atoms with Crippen LogP contribution in [0, 0.1) is 5.92 Å². The summed E-state index contributed by atoms with van der Waals surface area (Å²) >= 11 is 0. The van der Waals surface area contributed by atoms with Crippen LogP contribution >= 0.6 is 0 Å². The molecule has 0 bridgehead atoms. The van der Waals surface area contributed by atoms with Crippen LogP contribution in [0.25, 0.3) is 0 Å². The van der Waals surface area contributed by atoms with Crippen LogP contribution < -0.4 is 10.6 Å². The van der Waals surface area contributed by atoms with Gasteiger partial charge in [0.05, 0.1) is 18.3 Å². The summed E-state index contributed by atoms with van der Waals surface area (Å²) in [6, 6.07) is 0. The lowest BCUT2D eigenvalue weighted by Crippen LogP contribution is -2.42. The number of anilines is 2. The summed E-state index contributed by atoms with van der Waals surface area (Å²) in [4.78, 5) is 9.43. The SMILES string of the molecule is Nc1cnc(N2CCCC(C(F)(F)F)C2)cn1. The molecule has 7 heteroatoms. The van der Waals surface area contributed by atoms with Crippen molar-refractivity contribution in [3.63, 3.8) is 0 Å². The van der Waals surface area contributed by atoms with Crippen LogP contribution in [0.2, 0.25) is 0 Å². The molecule has 0 aliphatic carbocycles. The minimum absolute atomic E-state index is 0.0535. The number of nitrogens with two attached hydrogens (primary N) is 1. The average Bonchev–Trinajstić information content (AvgIpc) is 2.29. The van der Waals surface area contributed by atoms with Gasteiger partial charge in [0.1, 0.15) is 11.6 Å². The first-order valence-corrected chi connectivity index (χ1v) is 5.36. The Kier molecular flexibility index (Phi) is 3.08. The second-order valence-corrected chi connectivity index (χ2v) is 4.13. The smallest absolute Gasteiger partial charge is 0.382 e. The van der Waals surface area contributed by atoms with Crippen LogP contribution in [-0.4, -0.2) is 29.2 Å². The molecule has 1 saturated heterocycles. The molecule has 4 nitrogen and oxygen atoms in total. The zero-order valence-corrected chi connectivity index (χ0v) is 9.11. The molecule has 2 N–H and O–H groups in total. The van der Waals surface area contributed by atoms with Gasteiger partial charge >= 0.3 is 6.18 Å². The zero-order chi connectivity index (χ0) is 12.5. The maximum Gasteiger partial charge on any atom is 0.393 e. The molecule has 1 unspecified atom stereocenters. The van der Waals surface area contributed by atoms with E-state index in [0.717, 1.165) is 0 Å². The van der Waals surface area contributed by atoms with E-state index < -0.39 is 12.1 Å². The van der Waals surface area contributed by atoms with Crippen molar-refractivity contribution in [2.45, 2.75) is 19.0 Å². The number of hydrogen-bond acceptors (Lipinski definition) is 4. The topological polar surface area (TPSA) is 55.0 Å². The number of alkyl halides is 3. The van der Waals surface area contributed by atoms with Crippen LogP contribution in [0.1, 0.15) is 12.8 Å². The van der Waals surface area contributed by atoms with Crippen molar-refractivity contribution >= 4 is 11.6 Å². The summed E-state index contributed by atoms with van der Waals surface area (Å²) < 4.78 is 37.8. The molecule has 0 aromatic carbocycles. The average molecular weight is 246 g/mol. The number of nitrogen functional groups attached to an aromatic ring is 1. The van der Waals surface area contributed by atoms with E-state index in [4.69, 9.17) is 5.73 Å². The molecule has 1 atom stereocenters. The Balaban J connectivity index is 2.09. The Bertz CT molecular complexity index is 376. The lowest BCUT2D eigenvalue weighted by atomic mass is 9.98. The van der Waals surface area contributed by atoms with E-state index in [1.54, 1.807) is 4.90 Å². The van der Waals surface area contributed by atoms with Gasteiger partial charge in [-0.2, -0.15) is 13.2 Å². The highest BCUT2D eigenvalue weighted by molar-refractivity contribution is 5.39. The van der Waals surface area contributed by atoms with E-state index >= 15 is 0 Å². The fourth-order valence-electron chi connectivity index (χ4n) is 1.95. The molecule has 0 radical (unpaired) electrons. The molecule has 0 spiro atoms. The van der Waals surface area contributed by atoms with Crippen LogP contribution in [0.15, 0.2) is 12.4 Å². The molecular formula is C10H13F3N4. The molecule has 1 fully saturated rings. The van der Waals surface area contributed by atoms with Crippen LogP contribution in [0.4, 0.5) is 24.8 Å². The lowest BCUT2D eigenvalue weighted by molar-refractivity contribution is -0.176. The van der Waals surface area contributed by atoms with Crippen LogP contribution in [0.5, 0.6) is 0 Å². The zero-order valence-electron chi connectivity index (χ0n) is 9.11. The Morgan fingerprint density at radius 3 is 2.65 bits per heavy atom. The first-order valence-electron chi connectivity index (χ1n) is 5.36. The highest BCUT2D eigenvalue weighted by atomic mass is 19.4. The molecule has 17 heavy (non-hydrogen) atoms. The van der Waals surface area contributed by atoms with E-state index in [1.165, 1.54) is 12.4 Å². The molecule has 1 aromatic heterocycles. The van der Waals surface area contributed by atoms with Crippen molar-refractivity contribution in [2.75, 3.05) is 23.7 Å². The summed E-state index contributed by atoms with van der Waals surface area (Å²) in [6.45, 7) is 0.521. The monoisotopic (exact) mass is 246 g/mol. The van der Waals surface area contributed by atoms with Crippen LogP contribution in [-0.2, 0) is 0 Å². The van der Waals surface area contributed by atoms with E-state index in [2.05, 4.69) is 9.97 Å². The second-order valence-electron chi connectivity index (χ2n) is 4.13. The third kappa shape index (κ3) is 2.78. The maximum absolute atomic E-state index is 12.6. The van der Waals surface area contributed by atoms with Gasteiger partial charge in [-0.05, 0) is 12.8 Å². The first kappa shape index (κ1) is 11.9. The third-order valence-corrected chi connectivity index (χ3v) is 2.87. The predicted octanol–water partition coefficient (Wildman–Crippen LogP) is 1.84. The molecular weight excluding hydrogens is 233 g/mol. The van der Waals surface area contributed by atoms with Gasteiger partial charge in [0.25, 0.3) is 0 Å². The summed E-state index contributed by atoms with van der Waals surface area (Å²) in [5.41, 5.74) is 5.38. The largest absolute Gasteiger partial charge is 0.393 e. The van der Waals surface area contributed by atoms with E-state index in [-0.39, 0.29) is 18.8 Å². The molecule has 2 rings (SSSR count). The Morgan fingerprint density at radius 1 is 1.29 bits per heavy atom. The van der Waals surface area contributed by atoms with Crippen molar-refractivity contribution in [3.8, 4) is 0 Å². The first-order chi connectivity index (χ1) is 7.97. The standard InChI is InChI=1S/C10H13F3N4/c11-10(12,13)7-2-1-3-17(6-7)9-5-15-8(14)4-16-9/h4-5,7H,1-3,6H2,(H2,14,15). The van der Waals surface area contributed by atoms with Gasteiger partial charge in [0, 0.05) is 13.1 Å². The Hall–Kier alpha value is -1.53. The molecule has 1 aromatic rings. The van der Waals surface area contributed by atoms with Crippen molar-refractivity contribution in [1.29, 1.82) is 0 Å². The minimum Gasteiger partial charge on any atom is -0.382 e. The number of halogens is 3. The van der Waals surface area contributed by atoms with Crippen molar-refractivity contribution in [2.24, 2.45) is 5.92 Å². The quantitative estimate of drug-likeness (QED) is 0.821. The fourth-order valence-corrected chi connectivity index (χ4v) is 1.95. The summed E-state index contributed by atoms with van der Waals surface area (Å²) in [6.07, 6.45) is -0.681. The fraction of sp³-hybridized carbons (Fsp3) is 0.600. The number of rotatable bonds is 1. The number of nitrogens with zero attached hydrogens (tertiary/aromatic N) is 3. The molecule has 94 valence electrons. The van der Waals surface area contributed by atoms with E-state index in [0.29, 0.717) is 18.8 Å². The number of hydrogen-bond donors (Lipinski definition) is 1. The molecule has 0 amide bonds. The van der Waals surface area contributed by atoms with E-state index in [9.17, 15) is 13.2 Å². The van der Waals surface area contributed by atoms with Crippen molar-refractivity contribution in [1.82, 2.24) is 9.97 Å². The highest BCUT2D eigenvalue weighted by Crippen LogP contribution is 2.34. The van der Waals surface area contributed by atoms with Crippen molar-refractivity contribution in [3.05, 3.63) is 12.4 Å². The summed E-state index contributed by atoms with van der Waals surface area (Å²) in [7, 11) is 0. The van der Waals surface area contributed by atoms with Gasteiger partial charge in [-0.15, -0.1) is 0 Å². The van der Waals surface area contributed by atoms with Gasteiger partial charge in [-0.3, -0.25) is 0 Å². The molecule has 1 aliphatic heterocycles. The number of aromatic nitrogens is 2. The van der Waals surface area contributed by atoms with Gasteiger partial charge in [0.15, 0.2) is 0 Å². The lowest BCUT2D eigenvalue weighted by Gasteiger charge is -2.34. The number of piperidine rings is 1. The second kappa shape index (κ2) is 4.38. The van der Waals surface area contributed by atoms with Gasteiger partial charge in [0.2, 0.25) is 0 Å². The molecule has 2 heterocycles. The Morgan fingerprint density at radius 2 is 2.06 bits per heavy atom. The molecule has 0 saturated carbocycles. The normalized spacial score (nSPS) is 21.6. The van der Waals surface area contributed by atoms with Gasteiger partial charge in [-0.25, -0.2) is 9.97 Å². The Labute approximate surface area is 96.7 Å². The summed E-state index contributed by atoms with van der Waals surface area (Å²) in [5, 5.41) is 0. The summed E-state index contributed by atoms with van der Waals surface area (Å²) in [5.74, 6) is -0.568. The van der Waals surface area contributed by atoms with Gasteiger partial charge < -0.3 is 10.6 Å². The van der Waals surface area contributed by atoms with E-state index in [1.807, 2.05) is 0 Å². The van der Waals surface area contributed by atoms with Gasteiger partial charge in [-0.1, -0.05) is 0 Å².